The SMILES string of the molecule is C=CCOC(=O)NC(=CC)C(=O)CCCCCCCCCCCC. The van der Waals surface area contributed by atoms with Gasteiger partial charge in [0.2, 0.25) is 0 Å². The molecule has 0 heterocycles. The summed E-state index contributed by atoms with van der Waals surface area (Å²) in [4.78, 5) is 23.5. The summed E-state index contributed by atoms with van der Waals surface area (Å²) >= 11 is 0. The highest BCUT2D eigenvalue weighted by Crippen LogP contribution is 2.12. The van der Waals surface area contributed by atoms with Gasteiger partial charge in [0, 0.05) is 6.42 Å². The van der Waals surface area contributed by atoms with Gasteiger partial charge in [0.05, 0.1) is 5.70 Å². The molecule has 0 aromatic carbocycles. The molecule has 0 atom stereocenters. The number of amides is 1. The van der Waals surface area contributed by atoms with Crippen molar-refractivity contribution in [1.29, 1.82) is 0 Å². The monoisotopic (exact) mass is 337 g/mol. The molecule has 0 aliphatic heterocycles. The average Bonchev–Trinajstić information content (AvgIpc) is 2.59. The molecule has 0 fully saturated rings. The molecule has 0 aromatic heterocycles. The fourth-order valence-corrected chi connectivity index (χ4v) is 2.49. The highest BCUT2D eigenvalue weighted by Gasteiger charge is 2.12. The number of ketones is 1. The van der Waals surface area contributed by atoms with Gasteiger partial charge in [-0.15, -0.1) is 0 Å². The maximum atomic E-state index is 12.1. The summed E-state index contributed by atoms with van der Waals surface area (Å²) in [5.41, 5.74) is 0.319. The van der Waals surface area contributed by atoms with Crippen LogP contribution in [0.4, 0.5) is 4.79 Å². The quantitative estimate of drug-likeness (QED) is 0.237. The standard InChI is InChI=1S/C20H35NO3/c1-4-7-8-9-10-11-12-13-14-15-16-19(22)18(6-3)21-20(23)24-17-5-2/h5-6H,2,4,7-17H2,1,3H3,(H,21,23). The van der Waals surface area contributed by atoms with E-state index in [1.807, 2.05) is 0 Å². The molecule has 1 N–H and O–H groups in total. The third-order valence-electron chi connectivity index (χ3n) is 3.92. The van der Waals surface area contributed by atoms with Crippen LogP contribution in [0.2, 0.25) is 0 Å². The predicted octanol–water partition coefficient (Wildman–Crippen LogP) is 5.68. The Labute approximate surface area is 147 Å². The molecule has 0 unspecified atom stereocenters. The Kier molecular flexibility index (Phi) is 15.2. The molecule has 4 heteroatoms. The van der Waals surface area contributed by atoms with Crippen LogP contribution in [0.3, 0.4) is 0 Å². The van der Waals surface area contributed by atoms with E-state index in [2.05, 4.69) is 18.8 Å². The second kappa shape index (κ2) is 16.3. The molecule has 0 aromatic rings. The third kappa shape index (κ3) is 12.9. The van der Waals surface area contributed by atoms with E-state index in [4.69, 9.17) is 4.74 Å². The molecule has 0 aliphatic rings. The zero-order chi connectivity index (χ0) is 18.0. The molecule has 0 rings (SSSR count). The first kappa shape index (κ1) is 22.4. The average molecular weight is 338 g/mol. The molecular formula is C20H35NO3. The minimum absolute atomic E-state index is 0.0346. The van der Waals surface area contributed by atoms with Crippen LogP contribution in [0.25, 0.3) is 0 Å². The van der Waals surface area contributed by atoms with Crippen molar-refractivity contribution in [2.45, 2.75) is 84.5 Å². The Morgan fingerprint density at radius 3 is 2.00 bits per heavy atom. The fraction of sp³-hybridized carbons (Fsp3) is 0.700. The van der Waals surface area contributed by atoms with Crippen LogP contribution in [0, 0.1) is 0 Å². The lowest BCUT2D eigenvalue weighted by Crippen LogP contribution is -2.28. The topological polar surface area (TPSA) is 55.4 Å². The maximum Gasteiger partial charge on any atom is 0.412 e. The van der Waals surface area contributed by atoms with Crippen molar-refractivity contribution in [2.24, 2.45) is 0 Å². The minimum Gasteiger partial charge on any atom is -0.445 e. The van der Waals surface area contributed by atoms with E-state index in [0.717, 1.165) is 12.8 Å². The van der Waals surface area contributed by atoms with Gasteiger partial charge < -0.3 is 4.74 Å². The Morgan fingerprint density at radius 2 is 1.50 bits per heavy atom. The van der Waals surface area contributed by atoms with Gasteiger partial charge in [0.15, 0.2) is 5.78 Å². The number of allylic oxidation sites excluding steroid dienone is 2. The lowest BCUT2D eigenvalue weighted by molar-refractivity contribution is -0.116. The smallest absolute Gasteiger partial charge is 0.412 e. The molecule has 1 amide bonds. The number of rotatable bonds is 15. The Bertz CT molecular complexity index is 388. The summed E-state index contributed by atoms with van der Waals surface area (Å²) < 4.78 is 4.82. The number of Topliss-reactive ketones (excluding diaryl/α,β-unsaturated/α-hetero) is 1. The number of unbranched alkanes of at least 4 members (excludes halogenated alkanes) is 9. The van der Waals surface area contributed by atoms with Crippen LogP contribution in [0.15, 0.2) is 24.4 Å². The van der Waals surface area contributed by atoms with E-state index in [0.29, 0.717) is 12.1 Å². The number of carbonyl (C=O) groups is 2. The summed E-state index contributed by atoms with van der Waals surface area (Å²) in [6.45, 7) is 7.58. The first-order valence-corrected chi connectivity index (χ1v) is 9.39. The Balaban J connectivity index is 3.68. The molecule has 0 radical (unpaired) electrons. The fourth-order valence-electron chi connectivity index (χ4n) is 2.49. The molecule has 0 aliphatic carbocycles. The normalized spacial score (nSPS) is 11.2. The number of alkyl carbamates (subject to hydrolysis) is 1. The van der Waals surface area contributed by atoms with Crippen LogP contribution < -0.4 is 5.32 Å². The third-order valence-corrected chi connectivity index (χ3v) is 3.92. The molecule has 0 saturated carbocycles. The van der Waals surface area contributed by atoms with Gasteiger partial charge in [-0.3, -0.25) is 10.1 Å². The molecular weight excluding hydrogens is 302 g/mol. The lowest BCUT2D eigenvalue weighted by Gasteiger charge is -2.08. The molecule has 0 bridgehead atoms. The Morgan fingerprint density at radius 1 is 0.958 bits per heavy atom. The summed E-state index contributed by atoms with van der Waals surface area (Å²) in [6.07, 6.45) is 15.3. The highest BCUT2D eigenvalue weighted by molar-refractivity contribution is 5.97. The van der Waals surface area contributed by atoms with Crippen LogP contribution in [-0.2, 0) is 9.53 Å². The van der Waals surface area contributed by atoms with Crippen LogP contribution >= 0.6 is 0 Å². The van der Waals surface area contributed by atoms with Crippen molar-refractivity contribution in [3.8, 4) is 0 Å². The number of ether oxygens (including phenoxy) is 1. The summed E-state index contributed by atoms with van der Waals surface area (Å²) in [5, 5.41) is 2.49. The number of nitrogens with one attached hydrogen (secondary N) is 1. The molecule has 4 nitrogen and oxygen atoms in total. The molecule has 138 valence electrons. The van der Waals surface area contributed by atoms with Gasteiger partial charge in [0.25, 0.3) is 0 Å². The zero-order valence-electron chi connectivity index (χ0n) is 15.6. The summed E-state index contributed by atoms with van der Waals surface area (Å²) in [6, 6.07) is 0. The zero-order valence-corrected chi connectivity index (χ0v) is 15.6. The second-order valence-corrected chi connectivity index (χ2v) is 6.07. The largest absolute Gasteiger partial charge is 0.445 e. The second-order valence-electron chi connectivity index (χ2n) is 6.07. The summed E-state index contributed by atoms with van der Waals surface area (Å²) in [5.74, 6) is -0.0346. The number of carbonyl (C=O) groups excluding carboxylic acids is 2. The molecule has 0 saturated heterocycles. The van der Waals surface area contributed by atoms with E-state index >= 15 is 0 Å². The van der Waals surface area contributed by atoms with Crippen LogP contribution in [-0.4, -0.2) is 18.5 Å². The van der Waals surface area contributed by atoms with Crippen molar-refractivity contribution >= 4 is 11.9 Å². The van der Waals surface area contributed by atoms with Gasteiger partial charge in [-0.05, 0) is 13.3 Å². The van der Waals surface area contributed by atoms with Gasteiger partial charge in [0.1, 0.15) is 6.61 Å². The first-order valence-electron chi connectivity index (χ1n) is 9.39. The van der Waals surface area contributed by atoms with Crippen LogP contribution in [0.1, 0.15) is 84.5 Å². The number of hydrogen-bond donors (Lipinski definition) is 1. The van der Waals surface area contributed by atoms with E-state index < -0.39 is 6.09 Å². The minimum atomic E-state index is -0.612. The number of hydrogen-bond acceptors (Lipinski definition) is 3. The van der Waals surface area contributed by atoms with E-state index in [9.17, 15) is 9.59 Å². The lowest BCUT2D eigenvalue weighted by atomic mass is 10.0. The Hall–Kier alpha value is -1.58. The predicted molar refractivity (Wildman–Crippen MR) is 99.9 cm³/mol. The van der Waals surface area contributed by atoms with Crippen LogP contribution in [0.5, 0.6) is 0 Å². The molecule has 24 heavy (non-hydrogen) atoms. The van der Waals surface area contributed by atoms with Gasteiger partial charge in [-0.1, -0.05) is 83.4 Å². The van der Waals surface area contributed by atoms with Gasteiger partial charge in [-0.2, -0.15) is 0 Å². The van der Waals surface area contributed by atoms with Crippen molar-refractivity contribution < 1.29 is 14.3 Å². The van der Waals surface area contributed by atoms with Gasteiger partial charge in [-0.25, -0.2) is 4.79 Å². The molecule has 0 spiro atoms. The maximum absolute atomic E-state index is 12.1. The highest BCUT2D eigenvalue weighted by atomic mass is 16.5. The van der Waals surface area contributed by atoms with E-state index in [-0.39, 0.29) is 12.4 Å². The first-order chi connectivity index (χ1) is 11.7. The van der Waals surface area contributed by atoms with Crippen molar-refractivity contribution in [3.05, 3.63) is 24.4 Å². The van der Waals surface area contributed by atoms with Crippen molar-refractivity contribution in [1.82, 2.24) is 5.32 Å². The summed E-state index contributed by atoms with van der Waals surface area (Å²) in [7, 11) is 0. The van der Waals surface area contributed by atoms with Crippen molar-refractivity contribution in [3.63, 3.8) is 0 Å². The van der Waals surface area contributed by atoms with E-state index in [1.54, 1.807) is 13.0 Å². The van der Waals surface area contributed by atoms with E-state index in [1.165, 1.54) is 57.4 Å². The van der Waals surface area contributed by atoms with Crippen molar-refractivity contribution in [2.75, 3.05) is 6.61 Å². The van der Waals surface area contributed by atoms with Gasteiger partial charge >= 0.3 is 6.09 Å².